The lowest BCUT2D eigenvalue weighted by Gasteiger charge is -2.14. The number of rotatable bonds is 6. The van der Waals surface area contributed by atoms with Crippen LogP contribution in [0, 0.1) is 5.41 Å². The van der Waals surface area contributed by atoms with Crippen LogP contribution in [0.15, 0.2) is 0 Å². The normalized spacial score (nSPS) is 17.8. The average molecular weight is 281 g/mol. The maximum atomic E-state index is 12.3. The average Bonchev–Trinajstić information content (AvgIpc) is 2.89. The van der Waals surface area contributed by atoms with Gasteiger partial charge in [-0.2, -0.15) is 22.5 Å². The van der Waals surface area contributed by atoms with Crippen molar-refractivity contribution >= 4 is 16.7 Å². The van der Waals surface area contributed by atoms with Crippen molar-refractivity contribution in [1.82, 2.24) is 9.36 Å². The Hall–Kier alpha value is -0.890. The van der Waals surface area contributed by atoms with Gasteiger partial charge in [0.05, 0.1) is 0 Å². The van der Waals surface area contributed by atoms with Gasteiger partial charge in [-0.05, 0) is 24.7 Å². The summed E-state index contributed by atoms with van der Waals surface area (Å²) in [5, 5.41) is 3.17. The van der Waals surface area contributed by atoms with Gasteiger partial charge >= 0.3 is 6.18 Å². The van der Waals surface area contributed by atoms with E-state index in [0.29, 0.717) is 13.2 Å². The molecule has 0 aliphatic heterocycles. The Kier molecular flexibility index (Phi) is 3.76. The molecule has 0 aromatic carbocycles. The van der Waals surface area contributed by atoms with E-state index >= 15 is 0 Å². The van der Waals surface area contributed by atoms with Gasteiger partial charge in [0.15, 0.2) is 0 Å². The van der Waals surface area contributed by atoms with Crippen molar-refractivity contribution in [2.75, 3.05) is 25.6 Å². The van der Waals surface area contributed by atoms with Crippen LogP contribution in [0.3, 0.4) is 0 Å². The summed E-state index contributed by atoms with van der Waals surface area (Å²) in [6, 6.07) is 0. The molecule has 2 rings (SSSR count). The predicted octanol–water partition coefficient (Wildman–Crippen LogP) is 2.79. The molecule has 1 heterocycles. The second-order valence-corrected chi connectivity index (χ2v) is 5.27. The van der Waals surface area contributed by atoms with E-state index in [1.54, 1.807) is 7.11 Å². The largest absolute Gasteiger partial charge is 0.452 e. The molecule has 4 nitrogen and oxygen atoms in total. The number of nitrogens with zero attached hydrogens (tertiary/aromatic N) is 2. The molecule has 0 amide bonds. The number of halogens is 3. The molecule has 18 heavy (non-hydrogen) atoms. The van der Waals surface area contributed by atoms with E-state index in [4.69, 9.17) is 4.74 Å². The van der Waals surface area contributed by atoms with Crippen LogP contribution in [0.25, 0.3) is 0 Å². The maximum Gasteiger partial charge on any atom is 0.452 e. The van der Waals surface area contributed by atoms with Crippen molar-refractivity contribution in [1.29, 1.82) is 0 Å². The van der Waals surface area contributed by atoms with E-state index < -0.39 is 12.0 Å². The van der Waals surface area contributed by atoms with Gasteiger partial charge in [0.25, 0.3) is 0 Å². The quantitative estimate of drug-likeness (QED) is 0.871. The second kappa shape index (κ2) is 5.00. The van der Waals surface area contributed by atoms with E-state index in [2.05, 4.69) is 14.7 Å². The molecule has 1 fully saturated rings. The van der Waals surface area contributed by atoms with E-state index in [9.17, 15) is 13.2 Å². The highest BCUT2D eigenvalue weighted by atomic mass is 32.1. The molecule has 1 aromatic rings. The zero-order valence-corrected chi connectivity index (χ0v) is 10.7. The molecule has 0 saturated heterocycles. The van der Waals surface area contributed by atoms with Crippen LogP contribution in [0.1, 0.15) is 25.1 Å². The molecule has 1 N–H and O–H groups in total. The van der Waals surface area contributed by atoms with Crippen LogP contribution < -0.4 is 5.32 Å². The molecule has 102 valence electrons. The molecule has 1 aromatic heterocycles. The number of aromatic nitrogens is 2. The van der Waals surface area contributed by atoms with Gasteiger partial charge in [-0.25, -0.2) is 0 Å². The van der Waals surface area contributed by atoms with Gasteiger partial charge in [-0.15, -0.1) is 0 Å². The summed E-state index contributed by atoms with van der Waals surface area (Å²) in [6.07, 6.45) is -1.40. The standard InChI is InChI=1S/C10H14F3N3OS/c1-17-5-4-9(2-3-9)6-14-8-15-7(16-18-8)10(11,12)13/h2-6H2,1H3,(H,14,15,16). The molecule has 1 aliphatic carbocycles. The first kappa shape index (κ1) is 13.5. The minimum Gasteiger partial charge on any atom is -0.385 e. The van der Waals surface area contributed by atoms with Crippen molar-refractivity contribution in [3.63, 3.8) is 0 Å². The van der Waals surface area contributed by atoms with E-state index in [-0.39, 0.29) is 10.5 Å². The summed E-state index contributed by atoms with van der Waals surface area (Å²) in [7, 11) is 1.64. The predicted molar refractivity (Wildman–Crippen MR) is 61.6 cm³/mol. The van der Waals surface area contributed by atoms with Crippen LogP contribution in [0.4, 0.5) is 18.3 Å². The second-order valence-electron chi connectivity index (χ2n) is 4.52. The number of anilines is 1. The van der Waals surface area contributed by atoms with Crippen molar-refractivity contribution in [3.05, 3.63) is 5.82 Å². The first-order chi connectivity index (χ1) is 8.45. The SMILES string of the molecule is COCCC1(CNc2nc(C(F)(F)F)ns2)CC1. The van der Waals surface area contributed by atoms with Crippen molar-refractivity contribution in [3.8, 4) is 0 Å². The minimum atomic E-state index is -4.47. The zero-order valence-electron chi connectivity index (χ0n) is 9.88. The van der Waals surface area contributed by atoms with Gasteiger partial charge in [0.1, 0.15) is 0 Å². The molecule has 0 spiro atoms. The van der Waals surface area contributed by atoms with E-state index in [1.807, 2.05) is 0 Å². The summed E-state index contributed by atoms with van der Waals surface area (Å²) >= 11 is 0.745. The Labute approximate surface area is 107 Å². The first-order valence-corrected chi connectivity index (χ1v) is 6.36. The van der Waals surface area contributed by atoms with Crippen molar-refractivity contribution in [2.45, 2.75) is 25.4 Å². The van der Waals surface area contributed by atoms with Gasteiger partial charge in [-0.1, -0.05) is 0 Å². The lowest BCUT2D eigenvalue weighted by Crippen LogP contribution is -2.17. The molecule has 0 bridgehead atoms. The first-order valence-electron chi connectivity index (χ1n) is 5.59. The molecular formula is C10H14F3N3OS. The van der Waals surface area contributed by atoms with Gasteiger partial charge < -0.3 is 10.1 Å². The maximum absolute atomic E-state index is 12.3. The summed E-state index contributed by atoms with van der Waals surface area (Å²) in [6.45, 7) is 1.30. The highest BCUT2D eigenvalue weighted by Gasteiger charge is 2.42. The molecular weight excluding hydrogens is 267 g/mol. The third-order valence-electron chi connectivity index (χ3n) is 3.09. The highest BCUT2D eigenvalue weighted by Crippen LogP contribution is 2.48. The van der Waals surface area contributed by atoms with Crippen molar-refractivity contribution in [2.24, 2.45) is 5.41 Å². The van der Waals surface area contributed by atoms with Crippen molar-refractivity contribution < 1.29 is 17.9 Å². The third-order valence-corrected chi connectivity index (χ3v) is 3.76. The highest BCUT2D eigenvalue weighted by molar-refractivity contribution is 7.09. The van der Waals surface area contributed by atoms with Crippen LogP contribution in [-0.2, 0) is 10.9 Å². The van der Waals surface area contributed by atoms with Gasteiger partial charge in [-0.3, -0.25) is 0 Å². The number of methoxy groups -OCH3 is 1. The lowest BCUT2D eigenvalue weighted by molar-refractivity contribution is -0.144. The Morgan fingerprint density at radius 2 is 2.17 bits per heavy atom. The third kappa shape index (κ3) is 3.32. The fourth-order valence-corrected chi connectivity index (χ4v) is 2.27. The van der Waals surface area contributed by atoms with Crippen LogP contribution >= 0.6 is 11.5 Å². The smallest absolute Gasteiger partial charge is 0.385 e. The van der Waals surface area contributed by atoms with Gasteiger partial charge in [0, 0.05) is 31.8 Å². The molecule has 1 saturated carbocycles. The minimum absolute atomic E-state index is 0.167. The fraction of sp³-hybridized carbons (Fsp3) is 0.800. The van der Waals surface area contributed by atoms with Crippen LogP contribution in [0.5, 0.6) is 0 Å². The van der Waals surface area contributed by atoms with E-state index in [0.717, 1.165) is 30.8 Å². The Balaban J connectivity index is 1.85. The topological polar surface area (TPSA) is 47.0 Å². The number of ether oxygens (including phenoxy) is 1. The Bertz CT molecular complexity index is 403. The van der Waals surface area contributed by atoms with Crippen LogP contribution in [-0.4, -0.2) is 29.6 Å². The number of hydrogen-bond acceptors (Lipinski definition) is 5. The number of alkyl halides is 3. The fourth-order valence-electron chi connectivity index (χ4n) is 1.68. The van der Waals surface area contributed by atoms with E-state index in [1.165, 1.54) is 0 Å². The molecule has 0 unspecified atom stereocenters. The molecule has 1 aliphatic rings. The summed E-state index contributed by atoms with van der Waals surface area (Å²) < 4.78 is 45.2. The Morgan fingerprint density at radius 1 is 1.44 bits per heavy atom. The summed E-state index contributed by atoms with van der Waals surface area (Å²) in [4.78, 5) is 3.43. The number of nitrogens with one attached hydrogen (secondary N) is 1. The summed E-state index contributed by atoms with van der Waals surface area (Å²) in [5.41, 5.74) is 0.167. The molecule has 0 radical (unpaired) electrons. The molecule has 0 atom stereocenters. The zero-order chi connectivity index (χ0) is 13.2. The number of hydrogen-bond donors (Lipinski definition) is 1. The monoisotopic (exact) mass is 281 g/mol. The molecule has 8 heteroatoms. The van der Waals surface area contributed by atoms with Gasteiger partial charge in [0.2, 0.25) is 11.0 Å². The summed E-state index contributed by atoms with van der Waals surface area (Å²) in [5.74, 6) is -1.07. The van der Waals surface area contributed by atoms with Crippen LogP contribution in [0.2, 0.25) is 0 Å². The Morgan fingerprint density at radius 3 is 2.67 bits per heavy atom. The lowest BCUT2D eigenvalue weighted by atomic mass is 10.0.